The average Bonchev–Trinajstić information content (AvgIpc) is 2.28. The van der Waals surface area contributed by atoms with Crippen molar-refractivity contribution in [1.29, 1.82) is 0 Å². The number of phenols is 2. The first-order valence-corrected chi connectivity index (χ1v) is 6.01. The Kier molecular flexibility index (Phi) is 7.85. The van der Waals surface area contributed by atoms with Crippen LogP contribution in [-0.4, -0.2) is 16.5 Å². The molecule has 0 amide bonds. The molecule has 3 heteroatoms. The highest BCUT2D eigenvalue weighted by Crippen LogP contribution is 2.29. The van der Waals surface area contributed by atoms with E-state index in [1.165, 1.54) is 0 Å². The second-order valence-corrected chi connectivity index (χ2v) is 3.99. The minimum Gasteiger partial charge on any atom is -0.504 e. The summed E-state index contributed by atoms with van der Waals surface area (Å²) in [6, 6.07) is 3.52. The molecule has 0 spiro atoms. The van der Waals surface area contributed by atoms with E-state index >= 15 is 0 Å². The number of aldehydes is 1. The van der Waals surface area contributed by atoms with Gasteiger partial charge in [0.05, 0.1) is 0 Å². The average molecular weight is 238 g/mol. The molecule has 0 unspecified atom stereocenters. The van der Waals surface area contributed by atoms with Gasteiger partial charge in [-0.05, 0) is 37.0 Å². The number of aryl methyl sites for hydroxylation is 2. The van der Waals surface area contributed by atoms with Gasteiger partial charge in [0.2, 0.25) is 0 Å². The van der Waals surface area contributed by atoms with Gasteiger partial charge in [0, 0.05) is 6.42 Å². The third-order valence-corrected chi connectivity index (χ3v) is 2.29. The smallest absolute Gasteiger partial charge is 0.160 e. The molecule has 1 aromatic rings. The zero-order valence-electron chi connectivity index (χ0n) is 10.9. The molecular weight excluding hydrogens is 216 g/mol. The molecule has 3 nitrogen and oxygen atoms in total. The van der Waals surface area contributed by atoms with Gasteiger partial charge in [-0.25, -0.2) is 0 Å². The zero-order chi connectivity index (χ0) is 13.3. The minimum atomic E-state index is -0.0153. The van der Waals surface area contributed by atoms with Crippen LogP contribution in [0.4, 0.5) is 0 Å². The third-order valence-electron chi connectivity index (χ3n) is 2.29. The van der Waals surface area contributed by atoms with Crippen LogP contribution in [-0.2, 0) is 11.2 Å². The van der Waals surface area contributed by atoms with Crippen molar-refractivity contribution in [2.45, 2.75) is 46.5 Å². The summed E-state index contributed by atoms with van der Waals surface area (Å²) in [6.07, 6.45) is 4.60. The Balaban J connectivity index is 0.000000437. The number of hydrogen-bond donors (Lipinski definition) is 2. The lowest BCUT2D eigenvalue weighted by molar-refractivity contribution is -0.107. The predicted molar refractivity (Wildman–Crippen MR) is 69.5 cm³/mol. The molecule has 0 aliphatic rings. The van der Waals surface area contributed by atoms with E-state index in [9.17, 15) is 15.0 Å². The van der Waals surface area contributed by atoms with Crippen LogP contribution in [0.5, 0.6) is 11.5 Å². The normalized spacial score (nSPS) is 9.35. The monoisotopic (exact) mass is 238 g/mol. The maximum absolute atomic E-state index is 9.40. The van der Waals surface area contributed by atoms with Crippen molar-refractivity contribution in [2.24, 2.45) is 0 Å². The van der Waals surface area contributed by atoms with Crippen molar-refractivity contribution in [3.63, 3.8) is 0 Å². The second kappa shape index (κ2) is 8.62. The minimum absolute atomic E-state index is 0.00477. The van der Waals surface area contributed by atoms with Crippen LogP contribution in [0.1, 0.15) is 44.2 Å². The van der Waals surface area contributed by atoms with Crippen LogP contribution in [0, 0.1) is 6.92 Å². The topological polar surface area (TPSA) is 57.5 Å². The molecule has 1 rings (SSSR count). The summed E-state index contributed by atoms with van der Waals surface area (Å²) >= 11 is 0. The van der Waals surface area contributed by atoms with Crippen molar-refractivity contribution in [2.75, 3.05) is 0 Å². The molecule has 0 atom stereocenters. The van der Waals surface area contributed by atoms with Crippen molar-refractivity contribution < 1.29 is 15.0 Å². The van der Waals surface area contributed by atoms with E-state index in [-0.39, 0.29) is 11.5 Å². The summed E-state index contributed by atoms with van der Waals surface area (Å²) in [5, 5.41) is 18.5. The standard InChI is InChI=1S/C10H14O2.C4H8O/c1-3-4-8-5-7(2)10(12)9(11)6-8;1-2-3-4-5/h5-6,11-12H,3-4H2,1-2H3;4H,2-3H2,1H3. The molecule has 0 bridgehead atoms. The Morgan fingerprint density at radius 1 is 1.18 bits per heavy atom. The highest BCUT2D eigenvalue weighted by Gasteiger charge is 2.04. The van der Waals surface area contributed by atoms with E-state index < -0.39 is 0 Å². The van der Waals surface area contributed by atoms with Gasteiger partial charge in [-0.15, -0.1) is 0 Å². The van der Waals surface area contributed by atoms with E-state index in [0.29, 0.717) is 6.42 Å². The molecule has 0 heterocycles. The molecule has 96 valence electrons. The number of benzene rings is 1. The van der Waals surface area contributed by atoms with E-state index in [0.717, 1.165) is 36.7 Å². The third kappa shape index (κ3) is 5.95. The number of phenolic OH excluding ortho intramolecular Hbond substituents is 2. The Hall–Kier alpha value is -1.51. The molecule has 0 radical (unpaired) electrons. The van der Waals surface area contributed by atoms with E-state index in [1.54, 1.807) is 13.0 Å². The summed E-state index contributed by atoms with van der Waals surface area (Å²) < 4.78 is 0. The Morgan fingerprint density at radius 3 is 2.18 bits per heavy atom. The fraction of sp³-hybridized carbons (Fsp3) is 0.500. The van der Waals surface area contributed by atoms with Crippen LogP contribution < -0.4 is 0 Å². The largest absolute Gasteiger partial charge is 0.504 e. The van der Waals surface area contributed by atoms with Crippen molar-refractivity contribution in [1.82, 2.24) is 0 Å². The van der Waals surface area contributed by atoms with Crippen LogP contribution >= 0.6 is 0 Å². The van der Waals surface area contributed by atoms with Gasteiger partial charge < -0.3 is 15.0 Å². The summed E-state index contributed by atoms with van der Waals surface area (Å²) in [4.78, 5) is 9.40. The summed E-state index contributed by atoms with van der Waals surface area (Å²) in [6.45, 7) is 5.85. The first kappa shape index (κ1) is 15.5. The van der Waals surface area contributed by atoms with Crippen LogP contribution in [0.2, 0.25) is 0 Å². The first-order chi connectivity index (χ1) is 8.06. The lowest BCUT2D eigenvalue weighted by Crippen LogP contribution is -1.85. The van der Waals surface area contributed by atoms with Gasteiger partial charge in [0.15, 0.2) is 11.5 Å². The number of unbranched alkanes of at least 4 members (excludes halogenated alkanes) is 1. The van der Waals surface area contributed by atoms with E-state index in [1.807, 2.05) is 13.0 Å². The summed E-state index contributed by atoms with van der Waals surface area (Å²) in [5.41, 5.74) is 1.81. The SMILES string of the molecule is CCCC=O.CCCc1cc(C)c(O)c(O)c1. The van der Waals surface area contributed by atoms with Crippen molar-refractivity contribution in [3.8, 4) is 11.5 Å². The number of rotatable bonds is 4. The van der Waals surface area contributed by atoms with Crippen LogP contribution in [0.25, 0.3) is 0 Å². The highest BCUT2D eigenvalue weighted by atomic mass is 16.3. The molecule has 0 saturated heterocycles. The van der Waals surface area contributed by atoms with Crippen molar-refractivity contribution >= 4 is 6.29 Å². The van der Waals surface area contributed by atoms with Gasteiger partial charge in [-0.3, -0.25) is 0 Å². The second-order valence-electron chi connectivity index (χ2n) is 3.99. The number of carbonyl (C=O) groups is 1. The van der Waals surface area contributed by atoms with Gasteiger partial charge in [-0.1, -0.05) is 26.3 Å². The number of aromatic hydroxyl groups is 2. The van der Waals surface area contributed by atoms with Crippen LogP contribution in [0.3, 0.4) is 0 Å². The summed E-state index contributed by atoms with van der Waals surface area (Å²) in [7, 11) is 0. The predicted octanol–water partition coefficient (Wildman–Crippen LogP) is 3.34. The molecule has 0 aliphatic carbocycles. The lowest BCUT2D eigenvalue weighted by atomic mass is 10.1. The van der Waals surface area contributed by atoms with Gasteiger partial charge >= 0.3 is 0 Å². The fourth-order valence-electron chi connectivity index (χ4n) is 1.38. The fourth-order valence-corrected chi connectivity index (χ4v) is 1.38. The maximum atomic E-state index is 9.40. The molecule has 2 N–H and O–H groups in total. The highest BCUT2D eigenvalue weighted by molar-refractivity contribution is 5.48. The molecule has 1 aromatic carbocycles. The molecule has 17 heavy (non-hydrogen) atoms. The molecule has 0 aromatic heterocycles. The van der Waals surface area contributed by atoms with Gasteiger partial charge in [-0.2, -0.15) is 0 Å². The number of hydrogen-bond acceptors (Lipinski definition) is 3. The molecule has 0 fully saturated rings. The number of carbonyl (C=O) groups excluding carboxylic acids is 1. The van der Waals surface area contributed by atoms with E-state index in [4.69, 9.17) is 0 Å². The molecular formula is C14H22O3. The van der Waals surface area contributed by atoms with Gasteiger partial charge in [0.25, 0.3) is 0 Å². The first-order valence-electron chi connectivity index (χ1n) is 6.01. The van der Waals surface area contributed by atoms with Crippen molar-refractivity contribution in [3.05, 3.63) is 23.3 Å². The Morgan fingerprint density at radius 2 is 1.82 bits per heavy atom. The van der Waals surface area contributed by atoms with Gasteiger partial charge in [0.1, 0.15) is 6.29 Å². The zero-order valence-corrected chi connectivity index (χ0v) is 10.9. The van der Waals surface area contributed by atoms with Crippen LogP contribution in [0.15, 0.2) is 12.1 Å². The molecule has 0 aliphatic heterocycles. The Labute approximate surface area is 103 Å². The Bertz CT molecular complexity index is 322. The lowest BCUT2D eigenvalue weighted by Gasteiger charge is -2.05. The summed E-state index contributed by atoms with van der Waals surface area (Å²) in [5.74, 6) is -0.0201. The quantitative estimate of drug-likeness (QED) is 0.624. The molecule has 0 saturated carbocycles. The maximum Gasteiger partial charge on any atom is 0.160 e. The van der Waals surface area contributed by atoms with E-state index in [2.05, 4.69) is 6.92 Å².